The van der Waals surface area contributed by atoms with E-state index in [1.54, 1.807) is 0 Å². The second kappa shape index (κ2) is 6.20. The predicted octanol–water partition coefficient (Wildman–Crippen LogP) is 1.93. The molecule has 0 radical (unpaired) electrons. The third-order valence-electron chi connectivity index (χ3n) is 2.07. The van der Waals surface area contributed by atoms with E-state index in [2.05, 4.69) is 10.6 Å². The number of hydrogen-bond acceptors (Lipinski definition) is 3. The number of benzene rings is 1. The second-order valence-corrected chi connectivity index (χ2v) is 4.08. The third-order valence-corrected chi connectivity index (χ3v) is 2.07. The molecule has 0 saturated heterocycles. The highest BCUT2D eigenvalue weighted by Crippen LogP contribution is 2.23. The van der Waals surface area contributed by atoms with Gasteiger partial charge in [-0.3, -0.25) is 4.79 Å². The minimum absolute atomic E-state index is 0.155. The van der Waals surface area contributed by atoms with Crippen LogP contribution in [0.25, 0.3) is 0 Å². The van der Waals surface area contributed by atoms with Crippen molar-refractivity contribution in [2.75, 3.05) is 17.2 Å². The first-order valence-electron chi connectivity index (χ1n) is 5.59. The zero-order valence-corrected chi connectivity index (χ0v) is 10.1. The van der Waals surface area contributed by atoms with E-state index in [4.69, 9.17) is 5.73 Å². The summed E-state index contributed by atoms with van der Waals surface area (Å²) >= 11 is 0. The molecule has 0 atom stereocenters. The lowest BCUT2D eigenvalue weighted by Crippen LogP contribution is -2.18. The van der Waals surface area contributed by atoms with E-state index in [9.17, 15) is 9.18 Å². The molecule has 0 heterocycles. The summed E-state index contributed by atoms with van der Waals surface area (Å²) in [7, 11) is 0. The van der Waals surface area contributed by atoms with Crippen LogP contribution >= 0.6 is 0 Å². The summed E-state index contributed by atoms with van der Waals surface area (Å²) in [5, 5.41) is 5.77. The number of nitrogens with two attached hydrogens (primary N) is 1. The van der Waals surface area contributed by atoms with E-state index in [1.807, 2.05) is 13.8 Å². The van der Waals surface area contributed by atoms with Crippen LogP contribution in [0.4, 0.5) is 15.8 Å². The number of amides is 1. The van der Waals surface area contributed by atoms with Gasteiger partial charge in [0.15, 0.2) is 0 Å². The summed E-state index contributed by atoms with van der Waals surface area (Å²) in [5.41, 5.74) is 6.43. The lowest BCUT2D eigenvalue weighted by Gasteiger charge is -2.15. The topological polar surface area (TPSA) is 67.1 Å². The Bertz CT molecular complexity index is 393. The predicted molar refractivity (Wildman–Crippen MR) is 67.5 cm³/mol. The molecule has 4 N–H and O–H groups in total. The first-order valence-corrected chi connectivity index (χ1v) is 5.59. The summed E-state index contributed by atoms with van der Waals surface area (Å²) < 4.78 is 13.1. The highest BCUT2D eigenvalue weighted by molar-refractivity contribution is 5.94. The van der Waals surface area contributed by atoms with Crippen molar-refractivity contribution < 1.29 is 9.18 Å². The Hall–Kier alpha value is -1.62. The van der Waals surface area contributed by atoms with E-state index in [0.29, 0.717) is 17.9 Å². The fourth-order valence-corrected chi connectivity index (χ4v) is 1.40. The lowest BCUT2D eigenvalue weighted by atomic mass is 10.2. The minimum atomic E-state index is -0.343. The number of anilines is 2. The van der Waals surface area contributed by atoms with Gasteiger partial charge in [-0.05, 0) is 32.0 Å². The molecule has 5 heteroatoms. The van der Waals surface area contributed by atoms with E-state index >= 15 is 0 Å². The fraction of sp³-hybridized carbons (Fsp3) is 0.417. The number of rotatable bonds is 5. The summed E-state index contributed by atoms with van der Waals surface area (Å²) in [6.07, 6.45) is 0.249. The van der Waals surface area contributed by atoms with Crippen LogP contribution < -0.4 is 16.4 Å². The van der Waals surface area contributed by atoms with Gasteiger partial charge in [-0.1, -0.05) is 0 Å². The average Bonchev–Trinajstić information content (AvgIpc) is 2.21. The monoisotopic (exact) mass is 239 g/mol. The first kappa shape index (κ1) is 13.4. The van der Waals surface area contributed by atoms with Gasteiger partial charge in [-0.2, -0.15) is 0 Å². The quantitative estimate of drug-likeness (QED) is 0.735. The van der Waals surface area contributed by atoms with Crippen molar-refractivity contribution >= 4 is 17.3 Å². The average molecular weight is 239 g/mol. The molecule has 0 spiro atoms. The smallest absolute Gasteiger partial charge is 0.225 e. The molecule has 0 bridgehead atoms. The van der Waals surface area contributed by atoms with Crippen molar-refractivity contribution in [1.82, 2.24) is 0 Å². The van der Waals surface area contributed by atoms with E-state index in [0.717, 1.165) is 0 Å². The number of hydrogen-bond donors (Lipinski definition) is 3. The van der Waals surface area contributed by atoms with Crippen LogP contribution in [-0.4, -0.2) is 18.5 Å². The molecule has 0 fully saturated rings. The molecule has 4 nitrogen and oxygen atoms in total. The summed E-state index contributed by atoms with van der Waals surface area (Å²) in [5.74, 6) is -0.518. The van der Waals surface area contributed by atoms with Gasteiger partial charge < -0.3 is 16.4 Å². The van der Waals surface area contributed by atoms with Gasteiger partial charge in [-0.25, -0.2) is 4.39 Å². The van der Waals surface area contributed by atoms with Crippen molar-refractivity contribution in [2.24, 2.45) is 5.73 Å². The van der Waals surface area contributed by atoms with Crippen LogP contribution in [0.1, 0.15) is 20.3 Å². The number of nitrogens with one attached hydrogen (secondary N) is 2. The molecular formula is C12H18FN3O. The van der Waals surface area contributed by atoms with Gasteiger partial charge in [0.25, 0.3) is 0 Å². The molecule has 1 amide bonds. The van der Waals surface area contributed by atoms with Gasteiger partial charge in [0, 0.05) is 19.0 Å². The van der Waals surface area contributed by atoms with E-state index in [-0.39, 0.29) is 24.2 Å². The van der Waals surface area contributed by atoms with Crippen molar-refractivity contribution in [2.45, 2.75) is 26.3 Å². The molecule has 94 valence electrons. The Kier molecular flexibility index (Phi) is 4.90. The molecule has 0 aliphatic rings. The zero-order chi connectivity index (χ0) is 12.8. The highest BCUT2D eigenvalue weighted by atomic mass is 19.1. The molecule has 1 aromatic rings. The number of carbonyl (C=O) groups excluding carboxylic acids is 1. The molecule has 0 saturated carbocycles. The van der Waals surface area contributed by atoms with Crippen LogP contribution in [0.15, 0.2) is 18.2 Å². The highest BCUT2D eigenvalue weighted by Gasteiger charge is 2.08. The standard InChI is InChI=1S/C12H18FN3O/c1-8(2)15-11-7-9(13)3-4-10(11)16-12(17)5-6-14/h3-4,7-8,15H,5-6,14H2,1-2H3,(H,16,17). The maximum atomic E-state index is 13.1. The number of halogens is 1. The van der Waals surface area contributed by atoms with Gasteiger partial charge in [0.2, 0.25) is 5.91 Å². The normalized spacial score (nSPS) is 10.4. The Morgan fingerprint density at radius 1 is 1.41 bits per heavy atom. The summed E-state index contributed by atoms with van der Waals surface area (Å²) in [6, 6.07) is 4.36. The van der Waals surface area contributed by atoms with E-state index in [1.165, 1.54) is 18.2 Å². The third kappa shape index (κ3) is 4.40. The van der Waals surface area contributed by atoms with Crippen LogP contribution in [-0.2, 0) is 4.79 Å². The summed E-state index contributed by atoms with van der Waals surface area (Å²) in [6.45, 7) is 4.17. The van der Waals surface area contributed by atoms with Crippen molar-refractivity contribution in [3.05, 3.63) is 24.0 Å². The van der Waals surface area contributed by atoms with Crippen LogP contribution in [0.3, 0.4) is 0 Å². The maximum absolute atomic E-state index is 13.1. The Labute approximate surface area is 100 Å². The SMILES string of the molecule is CC(C)Nc1cc(F)ccc1NC(=O)CCN. The number of carbonyl (C=O) groups is 1. The van der Waals surface area contributed by atoms with Crippen molar-refractivity contribution in [3.8, 4) is 0 Å². The molecule has 0 aliphatic heterocycles. The van der Waals surface area contributed by atoms with Crippen molar-refractivity contribution in [1.29, 1.82) is 0 Å². The van der Waals surface area contributed by atoms with Crippen molar-refractivity contribution in [3.63, 3.8) is 0 Å². The van der Waals surface area contributed by atoms with Crippen LogP contribution in [0, 0.1) is 5.82 Å². The Morgan fingerprint density at radius 2 is 2.12 bits per heavy atom. The van der Waals surface area contributed by atoms with Gasteiger partial charge in [-0.15, -0.1) is 0 Å². The van der Waals surface area contributed by atoms with Gasteiger partial charge in [0.1, 0.15) is 5.82 Å². The van der Waals surface area contributed by atoms with Crippen LogP contribution in [0.5, 0.6) is 0 Å². The first-order chi connectivity index (χ1) is 8.02. The Morgan fingerprint density at radius 3 is 2.71 bits per heavy atom. The fourth-order valence-electron chi connectivity index (χ4n) is 1.40. The molecule has 0 aliphatic carbocycles. The zero-order valence-electron chi connectivity index (χ0n) is 10.1. The van der Waals surface area contributed by atoms with Crippen LogP contribution in [0.2, 0.25) is 0 Å². The largest absolute Gasteiger partial charge is 0.381 e. The molecule has 0 unspecified atom stereocenters. The minimum Gasteiger partial charge on any atom is -0.381 e. The molecular weight excluding hydrogens is 221 g/mol. The Balaban J connectivity index is 2.86. The molecule has 0 aromatic heterocycles. The molecule has 1 aromatic carbocycles. The van der Waals surface area contributed by atoms with Gasteiger partial charge in [0.05, 0.1) is 11.4 Å². The van der Waals surface area contributed by atoms with E-state index < -0.39 is 0 Å². The maximum Gasteiger partial charge on any atom is 0.225 e. The molecule has 17 heavy (non-hydrogen) atoms. The second-order valence-electron chi connectivity index (χ2n) is 4.08. The molecule has 1 rings (SSSR count). The summed E-state index contributed by atoms with van der Waals surface area (Å²) in [4.78, 5) is 11.4. The van der Waals surface area contributed by atoms with Gasteiger partial charge >= 0.3 is 0 Å². The lowest BCUT2D eigenvalue weighted by molar-refractivity contribution is -0.116.